The molecule has 0 radical (unpaired) electrons. The molecule has 0 aromatic heterocycles. The molecule has 0 spiro atoms. The van der Waals surface area contributed by atoms with Crippen molar-refractivity contribution in [3.63, 3.8) is 0 Å². The molecule has 2 aromatic carbocycles. The van der Waals surface area contributed by atoms with Gasteiger partial charge in [-0.1, -0.05) is 41.4 Å². The lowest BCUT2D eigenvalue weighted by Gasteiger charge is -2.42. The van der Waals surface area contributed by atoms with Crippen LogP contribution in [0.3, 0.4) is 0 Å². The maximum absolute atomic E-state index is 13.9. The second-order valence-electron chi connectivity index (χ2n) is 13.0. The van der Waals surface area contributed by atoms with Gasteiger partial charge in [0.15, 0.2) is 6.10 Å². The van der Waals surface area contributed by atoms with Crippen molar-refractivity contribution < 1.29 is 19.1 Å². The van der Waals surface area contributed by atoms with Crippen LogP contribution in [0.2, 0.25) is 10.0 Å². The minimum Gasteiger partial charge on any atom is -0.436 e. The number of para-hydroxylation sites is 1. The van der Waals surface area contributed by atoms with Gasteiger partial charge < -0.3 is 29.7 Å². The van der Waals surface area contributed by atoms with Gasteiger partial charge in [0, 0.05) is 80.1 Å². The summed E-state index contributed by atoms with van der Waals surface area (Å²) in [5.41, 5.74) is 2.72. The second kappa shape index (κ2) is 14.8. The van der Waals surface area contributed by atoms with Gasteiger partial charge in [0.1, 0.15) is 0 Å². The Morgan fingerprint density at radius 1 is 0.848 bits per heavy atom. The number of carbonyl (C=O) groups excluding carboxylic acids is 3. The molecular weight excluding hydrogens is 627 g/mol. The van der Waals surface area contributed by atoms with Gasteiger partial charge in [-0.25, -0.2) is 9.59 Å². The minimum absolute atomic E-state index is 0.0188. The Bertz CT molecular complexity index is 1380. The third kappa shape index (κ3) is 7.90. The van der Waals surface area contributed by atoms with Crippen molar-refractivity contribution in [1.29, 1.82) is 0 Å². The van der Waals surface area contributed by atoms with Crippen LogP contribution >= 0.6 is 23.2 Å². The monoisotopic (exact) mass is 670 g/mol. The number of nitrogens with one attached hydrogen (secondary N) is 1. The third-order valence-electron chi connectivity index (χ3n) is 10.00. The number of benzene rings is 2. The van der Waals surface area contributed by atoms with E-state index in [0.717, 1.165) is 62.3 Å². The molecule has 6 rings (SSSR count). The number of piperazine rings is 1. The van der Waals surface area contributed by atoms with Crippen molar-refractivity contribution in [2.45, 2.75) is 56.7 Å². The zero-order valence-corrected chi connectivity index (χ0v) is 28.0. The number of likely N-dealkylation sites (tertiary alicyclic amines) is 2. The van der Waals surface area contributed by atoms with Crippen LogP contribution in [-0.4, -0.2) is 127 Å². The number of hydrogen-bond donors (Lipinski definition) is 1. The van der Waals surface area contributed by atoms with Gasteiger partial charge in [0.25, 0.3) is 5.91 Å². The quantitative estimate of drug-likeness (QED) is 0.474. The van der Waals surface area contributed by atoms with Crippen molar-refractivity contribution in [2.75, 3.05) is 71.3 Å². The SMILES string of the molecule is CN1CCC(N2CCN(C(=O)[C@@H](Cc3cc(Cl)cc(Cl)c3)OC(=O)N3CCC(N4CCc5ccccc5NC4=O)CC3)CC2)CC1. The number of amides is 4. The lowest BCUT2D eigenvalue weighted by atomic mass is 10.0. The predicted molar refractivity (Wildman–Crippen MR) is 180 cm³/mol. The summed E-state index contributed by atoms with van der Waals surface area (Å²) in [5, 5.41) is 3.98. The number of halogens is 2. The first-order valence-electron chi connectivity index (χ1n) is 16.5. The van der Waals surface area contributed by atoms with Crippen molar-refractivity contribution in [2.24, 2.45) is 0 Å². The number of fused-ring (bicyclic) bond motifs is 1. The number of anilines is 1. The molecule has 46 heavy (non-hydrogen) atoms. The molecule has 4 aliphatic rings. The molecule has 10 nitrogen and oxygen atoms in total. The average Bonchev–Trinajstić information content (AvgIpc) is 3.22. The highest BCUT2D eigenvalue weighted by atomic mass is 35.5. The Labute approximate surface area is 281 Å². The Morgan fingerprint density at radius 2 is 1.50 bits per heavy atom. The summed E-state index contributed by atoms with van der Waals surface area (Å²) in [6, 6.07) is 13.5. The van der Waals surface area contributed by atoms with Crippen molar-refractivity contribution >= 4 is 46.9 Å². The first-order valence-corrected chi connectivity index (χ1v) is 17.3. The summed E-state index contributed by atoms with van der Waals surface area (Å²) in [6.07, 6.45) is 3.03. The average molecular weight is 672 g/mol. The van der Waals surface area contributed by atoms with Crippen LogP contribution in [-0.2, 0) is 22.4 Å². The maximum Gasteiger partial charge on any atom is 0.410 e. The van der Waals surface area contributed by atoms with Crippen LogP contribution in [0, 0.1) is 0 Å². The number of urea groups is 1. The molecule has 248 valence electrons. The molecule has 0 saturated carbocycles. The van der Waals surface area contributed by atoms with Gasteiger partial charge in [0.05, 0.1) is 0 Å². The fourth-order valence-electron chi connectivity index (χ4n) is 7.29. The molecule has 4 amide bonds. The van der Waals surface area contributed by atoms with Gasteiger partial charge in [-0.2, -0.15) is 0 Å². The lowest BCUT2D eigenvalue weighted by molar-refractivity contribution is -0.143. The van der Waals surface area contributed by atoms with E-state index in [1.54, 1.807) is 23.1 Å². The highest BCUT2D eigenvalue weighted by molar-refractivity contribution is 6.34. The molecule has 0 bridgehead atoms. The molecule has 3 saturated heterocycles. The fourth-order valence-corrected chi connectivity index (χ4v) is 7.86. The summed E-state index contributed by atoms with van der Waals surface area (Å²) < 4.78 is 6.01. The molecular formula is C34H44Cl2N6O4. The summed E-state index contributed by atoms with van der Waals surface area (Å²) in [7, 11) is 2.16. The minimum atomic E-state index is -0.996. The third-order valence-corrected chi connectivity index (χ3v) is 10.4. The molecule has 4 heterocycles. The van der Waals surface area contributed by atoms with Crippen molar-refractivity contribution in [3.8, 4) is 0 Å². The van der Waals surface area contributed by atoms with E-state index < -0.39 is 12.2 Å². The Hall–Kier alpha value is -3.05. The predicted octanol–water partition coefficient (Wildman–Crippen LogP) is 4.83. The van der Waals surface area contributed by atoms with Crippen molar-refractivity contribution in [1.82, 2.24) is 24.5 Å². The topological polar surface area (TPSA) is 88.7 Å². The van der Waals surface area contributed by atoms with E-state index in [9.17, 15) is 14.4 Å². The van der Waals surface area contributed by atoms with Gasteiger partial charge in [-0.05, 0) is 87.6 Å². The van der Waals surface area contributed by atoms with Crippen LogP contribution < -0.4 is 5.32 Å². The number of hydrogen-bond acceptors (Lipinski definition) is 6. The van der Waals surface area contributed by atoms with E-state index in [2.05, 4.69) is 22.2 Å². The maximum atomic E-state index is 13.9. The molecule has 2 aromatic rings. The number of piperidine rings is 2. The van der Waals surface area contributed by atoms with E-state index in [4.69, 9.17) is 27.9 Å². The zero-order valence-electron chi connectivity index (χ0n) is 26.5. The van der Waals surface area contributed by atoms with Crippen molar-refractivity contribution in [3.05, 3.63) is 63.6 Å². The number of nitrogens with zero attached hydrogens (tertiary/aromatic N) is 5. The van der Waals surface area contributed by atoms with E-state index in [-0.39, 0.29) is 24.4 Å². The Kier molecular flexibility index (Phi) is 10.6. The first kappa shape index (κ1) is 32.9. The lowest BCUT2D eigenvalue weighted by Crippen LogP contribution is -2.56. The summed E-state index contributed by atoms with van der Waals surface area (Å²) in [4.78, 5) is 50.8. The smallest absolute Gasteiger partial charge is 0.410 e. The Morgan fingerprint density at radius 3 is 2.20 bits per heavy atom. The van der Waals surface area contributed by atoms with Crippen LogP contribution in [0.1, 0.15) is 36.8 Å². The normalized spacial score (nSPS) is 21.4. The molecule has 1 atom stereocenters. The fraction of sp³-hybridized carbons (Fsp3) is 0.559. The standard InChI is InChI=1S/C34H44Cl2N6O4/c1-38-11-7-28(8-12-38)39-16-18-40(19-17-39)32(43)31(22-24-20-26(35)23-27(36)21-24)46-34(45)41-13-9-29(10-14-41)42-15-6-25-4-2-3-5-30(25)37-33(42)44/h2-5,20-21,23,28-29,31H,6-19,22H2,1H3,(H,37,44)/t31-/m1/s1. The van der Waals surface area contributed by atoms with Gasteiger partial charge in [-0.3, -0.25) is 9.69 Å². The summed E-state index contributed by atoms with van der Waals surface area (Å²) in [6.45, 7) is 6.53. The summed E-state index contributed by atoms with van der Waals surface area (Å²) >= 11 is 12.6. The number of carbonyl (C=O) groups is 3. The molecule has 12 heteroatoms. The zero-order chi connectivity index (χ0) is 32.2. The Balaban J connectivity index is 1.07. The second-order valence-corrected chi connectivity index (χ2v) is 13.9. The highest BCUT2D eigenvalue weighted by Crippen LogP contribution is 2.26. The molecule has 0 aliphatic carbocycles. The molecule has 4 aliphatic heterocycles. The number of rotatable bonds is 6. The van der Waals surface area contributed by atoms with E-state index in [0.29, 0.717) is 61.7 Å². The van der Waals surface area contributed by atoms with Crippen LogP contribution in [0.5, 0.6) is 0 Å². The summed E-state index contributed by atoms with van der Waals surface area (Å²) in [5.74, 6) is -0.192. The molecule has 3 fully saturated rings. The van der Waals surface area contributed by atoms with Crippen LogP contribution in [0.15, 0.2) is 42.5 Å². The highest BCUT2D eigenvalue weighted by Gasteiger charge is 2.36. The van der Waals surface area contributed by atoms with Crippen LogP contribution in [0.25, 0.3) is 0 Å². The van der Waals surface area contributed by atoms with E-state index in [1.807, 2.05) is 34.1 Å². The van der Waals surface area contributed by atoms with Crippen LogP contribution in [0.4, 0.5) is 15.3 Å². The molecule has 1 N–H and O–H groups in total. The largest absolute Gasteiger partial charge is 0.436 e. The van der Waals surface area contributed by atoms with Gasteiger partial charge in [0.2, 0.25) is 0 Å². The van der Waals surface area contributed by atoms with E-state index >= 15 is 0 Å². The van der Waals surface area contributed by atoms with Gasteiger partial charge in [-0.15, -0.1) is 0 Å². The van der Waals surface area contributed by atoms with Gasteiger partial charge >= 0.3 is 12.1 Å². The molecule has 0 unspecified atom stereocenters. The number of ether oxygens (including phenoxy) is 1. The first-order chi connectivity index (χ1) is 22.2. The van der Waals surface area contributed by atoms with E-state index in [1.165, 1.54) is 0 Å².